The van der Waals surface area contributed by atoms with Gasteiger partial charge in [0.25, 0.3) is 17.7 Å². The third-order valence-corrected chi connectivity index (χ3v) is 7.08. The van der Waals surface area contributed by atoms with Crippen molar-refractivity contribution < 1.29 is 19.2 Å². The average molecular weight is 485 g/mol. The summed E-state index contributed by atoms with van der Waals surface area (Å²) in [7, 11) is 0. The highest BCUT2D eigenvalue weighted by Crippen LogP contribution is 2.34. The molecule has 5 amide bonds. The van der Waals surface area contributed by atoms with E-state index in [0.717, 1.165) is 15.6 Å². The van der Waals surface area contributed by atoms with Gasteiger partial charge < -0.3 is 10.6 Å². The standard InChI is InChI=1S/C23H21ClN4O4S/c1-23(12-11-14-7-3-2-4-8-14)21(31)28(22(32)26-23)27-17(29)13-25-20(30)19-18(24)15-9-5-6-10-16(15)33-19/h2-10H,11-13H2,1H3,(H,25,30)(H,26,32)(H,27,29)/t23-/m1/s1. The predicted octanol–water partition coefficient (Wildman–Crippen LogP) is 3.26. The van der Waals surface area contributed by atoms with E-state index in [2.05, 4.69) is 16.1 Å². The average Bonchev–Trinajstić information content (AvgIpc) is 3.26. The van der Waals surface area contributed by atoms with Crippen molar-refractivity contribution in [2.24, 2.45) is 0 Å². The van der Waals surface area contributed by atoms with E-state index in [1.165, 1.54) is 11.3 Å². The van der Waals surface area contributed by atoms with Gasteiger partial charge in [0.05, 0.1) is 11.6 Å². The van der Waals surface area contributed by atoms with Crippen LogP contribution in [0.4, 0.5) is 4.79 Å². The molecule has 8 nitrogen and oxygen atoms in total. The Bertz CT molecular complexity index is 1250. The van der Waals surface area contributed by atoms with Crippen molar-refractivity contribution in [2.75, 3.05) is 6.54 Å². The third kappa shape index (κ3) is 4.69. The van der Waals surface area contributed by atoms with E-state index in [4.69, 9.17) is 11.6 Å². The number of thiophene rings is 1. The number of hydrogen-bond acceptors (Lipinski definition) is 5. The Morgan fingerprint density at radius 2 is 1.79 bits per heavy atom. The number of halogens is 1. The maximum absolute atomic E-state index is 12.8. The van der Waals surface area contributed by atoms with E-state index in [-0.39, 0.29) is 4.88 Å². The molecule has 3 aromatic rings. The fraction of sp³-hybridized carbons (Fsp3) is 0.217. The van der Waals surface area contributed by atoms with Gasteiger partial charge in [-0.25, -0.2) is 4.79 Å². The number of amides is 5. The Labute approximate surface area is 198 Å². The van der Waals surface area contributed by atoms with Crippen molar-refractivity contribution in [1.29, 1.82) is 0 Å². The van der Waals surface area contributed by atoms with Crippen LogP contribution in [0.1, 0.15) is 28.6 Å². The van der Waals surface area contributed by atoms with Gasteiger partial charge in [-0.1, -0.05) is 60.1 Å². The molecule has 0 aliphatic carbocycles. The van der Waals surface area contributed by atoms with Crippen LogP contribution in [0.25, 0.3) is 10.1 Å². The van der Waals surface area contributed by atoms with Gasteiger partial charge in [0.15, 0.2) is 0 Å². The highest BCUT2D eigenvalue weighted by Gasteiger charge is 2.48. The number of carbonyl (C=O) groups is 4. The first-order valence-corrected chi connectivity index (χ1v) is 11.4. The summed E-state index contributed by atoms with van der Waals surface area (Å²) in [5.74, 6) is -1.78. The van der Waals surface area contributed by atoms with Crippen LogP contribution in [0.5, 0.6) is 0 Å². The number of hydrogen-bond donors (Lipinski definition) is 3. The molecule has 1 atom stereocenters. The number of aryl methyl sites for hydroxylation is 1. The van der Waals surface area contributed by atoms with E-state index < -0.39 is 35.8 Å². The van der Waals surface area contributed by atoms with Crippen molar-refractivity contribution in [3.8, 4) is 0 Å². The Kier molecular flexibility index (Phi) is 6.35. The van der Waals surface area contributed by atoms with Gasteiger partial charge in [-0.05, 0) is 31.4 Å². The number of hydrazine groups is 1. The van der Waals surface area contributed by atoms with E-state index in [1.54, 1.807) is 6.92 Å². The molecule has 2 aromatic carbocycles. The van der Waals surface area contributed by atoms with Gasteiger partial charge in [-0.2, -0.15) is 5.01 Å². The summed E-state index contributed by atoms with van der Waals surface area (Å²) in [6, 6.07) is 16.2. The Morgan fingerprint density at radius 3 is 2.52 bits per heavy atom. The highest BCUT2D eigenvalue weighted by atomic mass is 35.5. The molecule has 4 rings (SSSR count). The van der Waals surface area contributed by atoms with Gasteiger partial charge >= 0.3 is 6.03 Å². The van der Waals surface area contributed by atoms with E-state index in [9.17, 15) is 19.2 Å². The summed E-state index contributed by atoms with van der Waals surface area (Å²) in [6.07, 6.45) is 0.951. The summed E-state index contributed by atoms with van der Waals surface area (Å²) in [5, 5.41) is 6.85. The van der Waals surface area contributed by atoms with Crippen molar-refractivity contribution in [1.82, 2.24) is 21.1 Å². The van der Waals surface area contributed by atoms with Crippen molar-refractivity contribution in [3.05, 3.63) is 70.1 Å². The Morgan fingerprint density at radius 1 is 1.09 bits per heavy atom. The zero-order chi connectivity index (χ0) is 23.6. The molecule has 2 heterocycles. The Hall–Kier alpha value is -3.43. The lowest BCUT2D eigenvalue weighted by Gasteiger charge is -2.21. The highest BCUT2D eigenvalue weighted by molar-refractivity contribution is 7.21. The van der Waals surface area contributed by atoms with Gasteiger partial charge in [0, 0.05) is 10.1 Å². The minimum absolute atomic E-state index is 0.286. The van der Waals surface area contributed by atoms with Crippen LogP contribution in [-0.2, 0) is 16.0 Å². The van der Waals surface area contributed by atoms with Crippen LogP contribution in [0.3, 0.4) is 0 Å². The SMILES string of the molecule is C[C@]1(CCc2ccccc2)NC(=O)N(NC(=O)CNC(=O)c2sc3ccccc3c2Cl)C1=O. The maximum atomic E-state index is 12.8. The smallest absolute Gasteiger partial charge is 0.342 e. The largest absolute Gasteiger partial charge is 0.344 e. The first-order valence-electron chi connectivity index (χ1n) is 10.2. The normalized spacial score (nSPS) is 17.8. The molecule has 1 saturated heterocycles. The molecule has 1 fully saturated rings. The summed E-state index contributed by atoms with van der Waals surface area (Å²) in [6.45, 7) is 1.19. The van der Waals surface area contributed by atoms with Gasteiger partial charge in [-0.3, -0.25) is 19.8 Å². The number of fused-ring (bicyclic) bond motifs is 1. The zero-order valence-corrected chi connectivity index (χ0v) is 19.3. The second kappa shape index (κ2) is 9.21. The number of urea groups is 1. The molecule has 0 saturated carbocycles. The fourth-order valence-corrected chi connectivity index (χ4v) is 4.99. The number of nitrogens with one attached hydrogen (secondary N) is 3. The van der Waals surface area contributed by atoms with Crippen molar-refractivity contribution in [2.45, 2.75) is 25.3 Å². The summed E-state index contributed by atoms with van der Waals surface area (Å²) >= 11 is 7.51. The molecule has 170 valence electrons. The van der Waals surface area contributed by atoms with E-state index >= 15 is 0 Å². The number of rotatable bonds is 7. The Balaban J connectivity index is 1.34. The zero-order valence-electron chi connectivity index (χ0n) is 17.7. The fourth-order valence-electron chi connectivity index (χ4n) is 3.56. The van der Waals surface area contributed by atoms with Gasteiger partial charge in [-0.15, -0.1) is 11.3 Å². The number of benzene rings is 2. The van der Waals surface area contributed by atoms with Crippen LogP contribution in [-0.4, -0.2) is 40.8 Å². The minimum atomic E-state index is -1.14. The van der Waals surface area contributed by atoms with Gasteiger partial charge in [0.2, 0.25) is 0 Å². The predicted molar refractivity (Wildman–Crippen MR) is 126 cm³/mol. The molecule has 0 bridgehead atoms. The van der Waals surface area contributed by atoms with Crippen LogP contribution in [0.2, 0.25) is 5.02 Å². The molecule has 0 unspecified atom stereocenters. The molecular weight excluding hydrogens is 464 g/mol. The molecular formula is C23H21ClN4O4S. The molecule has 1 aliphatic rings. The first kappa shape index (κ1) is 22.8. The van der Waals surface area contributed by atoms with E-state index in [0.29, 0.717) is 22.9 Å². The van der Waals surface area contributed by atoms with Crippen molar-refractivity contribution in [3.63, 3.8) is 0 Å². The third-order valence-electron chi connectivity index (χ3n) is 5.40. The maximum Gasteiger partial charge on any atom is 0.344 e. The van der Waals surface area contributed by atoms with Crippen LogP contribution in [0.15, 0.2) is 54.6 Å². The van der Waals surface area contributed by atoms with Crippen LogP contribution in [0, 0.1) is 0 Å². The molecule has 3 N–H and O–H groups in total. The molecule has 10 heteroatoms. The molecule has 1 aromatic heterocycles. The second-order valence-corrected chi connectivity index (χ2v) is 9.28. The summed E-state index contributed by atoms with van der Waals surface area (Å²) < 4.78 is 0.853. The van der Waals surface area contributed by atoms with Crippen LogP contribution >= 0.6 is 22.9 Å². The molecule has 0 spiro atoms. The lowest BCUT2D eigenvalue weighted by molar-refractivity contribution is -0.138. The lowest BCUT2D eigenvalue weighted by Crippen LogP contribution is -2.51. The lowest BCUT2D eigenvalue weighted by atomic mass is 9.93. The minimum Gasteiger partial charge on any atom is -0.342 e. The van der Waals surface area contributed by atoms with Crippen molar-refractivity contribution >= 4 is 56.8 Å². The number of carbonyl (C=O) groups excluding carboxylic acids is 4. The molecule has 1 aliphatic heterocycles. The quantitative estimate of drug-likeness (QED) is 0.447. The summed E-state index contributed by atoms with van der Waals surface area (Å²) in [4.78, 5) is 50.3. The number of nitrogens with zero attached hydrogens (tertiary/aromatic N) is 1. The molecule has 0 radical (unpaired) electrons. The first-order chi connectivity index (χ1) is 15.8. The summed E-state index contributed by atoms with van der Waals surface area (Å²) in [5.41, 5.74) is 2.16. The van der Waals surface area contributed by atoms with E-state index in [1.807, 2.05) is 54.6 Å². The topological polar surface area (TPSA) is 108 Å². The number of imide groups is 1. The van der Waals surface area contributed by atoms with Gasteiger partial charge in [0.1, 0.15) is 10.4 Å². The van der Waals surface area contributed by atoms with Crippen LogP contribution < -0.4 is 16.1 Å². The second-order valence-electron chi connectivity index (χ2n) is 7.85. The monoisotopic (exact) mass is 484 g/mol. The molecule has 33 heavy (non-hydrogen) atoms.